The van der Waals surface area contributed by atoms with E-state index in [2.05, 4.69) is 5.32 Å². The van der Waals surface area contributed by atoms with E-state index in [4.69, 9.17) is 0 Å². The van der Waals surface area contributed by atoms with Crippen LogP contribution in [0.2, 0.25) is 0 Å². The maximum atomic E-state index is 12.2. The smallest absolute Gasteiger partial charge is 0.334 e. The highest BCUT2D eigenvalue weighted by Crippen LogP contribution is 2.25. The number of benzene rings is 1. The Labute approximate surface area is 127 Å². The number of amides is 1. The van der Waals surface area contributed by atoms with Gasteiger partial charge in [0.25, 0.3) is 0 Å². The summed E-state index contributed by atoms with van der Waals surface area (Å²) >= 11 is 1.51. The molecule has 0 radical (unpaired) electrons. The van der Waals surface area contributed by atoms with Gasteiger partial charge in [-0.3, -0.25) is 4.79 Å². The molecule has 4 nitrogen and oxygen atoms in total. The van der Waals surface area contributed by atoms with Gasteiger partial charge in [-0.25, -0.2) is 4.79 Å². The molecule has 2 rings (SSSR count). The summed E-state index contributed by atoms with van der Waals surface area (Å²) in [5.41, 5.74) is 0.0913. The summed E-state index contributed by atoms with van der Waals surface area (Å²) in [5.74, 6) is -1.34. The second kappa shape index (κ2) is 6.54. The van der Waals surface area contributed by atoms with Crippen molar-refractivity contribution in [1.29, 1.82) is 0 Å². The van der Waals surface area contributed by atoms with E-state index in [9.17, 15) is 14.7 Å². The molecular formula is C16H17NO3S. The normalized spacial score (nSPS) is 13.4. The lowest BCUT2D eigenvalue weighted by Gasteiger charge is -2.30. The summed E-state index contributed by atoms with van der Waals surface area (Å²) in [4.78, 5) is 24.0. The zero-order valence-corrected chi connectivity index (χ0v) is 12.5. The Hall–Kier alpha value is -2.14. The van der Waals surface area contributed by atoms with Gasteiger partial charge in [-0.15, -0.1) is 0 Å². The number of carbonyl (C=O) groups is 2. The molecule has 1 unspecified atom stereocenters. The largest absolute Gasteiger partial charge is 0.479 e. The maximum Gasteiger partial charge on any atom is 0.334 e. The minimum absolute atomic E-state index is 0.186. The SMILES string of the molecule is CCC(NC(=O)Cc1ccsc1)(C(=O)O)c1ccccc1. The summed E-state index contributed by atoms with van der Waals surface area (Å²) in [6.45, 7) is 1.76. The summed E-state index contributed by atoms with van der Waals surface area (Å²) in [6.07, 6.45) is 0.465. The van der Waals surface area contributed by atoms with E-state index in [0.717, 1.165) is 5.56 Å². The van der Waals surface area contributed by atoms with E-state index in [1.54, 1.807) is 31.2 Å². The van der Waals surface area contributed by atoms with E-state index >= 15 is 0 Å². The number of hydrogen-bond acceptors (Lipinski definition) is 3. The van der Waals surface area contributed by atoms with Crippen LogP contribution in [0.3, 0.4) is 0 Å². The highest BCUT2D eigenvalue weighted by atomic mass is 32.1. The van der Waals surface area contributed by atoms with Crippen LogP contribution in [0.25, 0.3) is 0 Å². The van der Waals surface area contributed by atoms with Crippen LogP contribution in [-0.4, -0.2) is 17.0 Å². The predicted molar refractivity (Wildman–Crippen MR) is 82.2 cm³/mol. The van der Waals surface area contributed by atoms with Gasteiger partial charge in [-0.05, 0) is 34.4 Å². The molecule has 1 aromatic carbocycles. The van der Waals surface area contributed by atoms with Gasteiger partial charge >= 0.3 is 5.97 Å². The van der Waals surface area contributed by atoms with Crippen LogP contribution in [0.4, 0.5) is 0 Å². The van der Waals surface area contributed by atoms with Gasteiger partial charge < -0.3 is 10.4 Å². The van der Waals surface area contributed by atoms with Crippen LogP contribution in [0.5, 0.6) is 0 Å². The van der Waals surface area contributed by atoms with Crippen LogP contribution < -0.4 is 5.32 Å². The molecule has 5 heteroatoms. The monoisotopic (exact) mass is 303 g/mol. The fourth-order valence-corrected chi connectivity index (χ4v) is 2.94. The van der Waals surface area contributed by atoms with Gasteiger partial charge in [0.15, 0.2) is 5.54 Å². The van der Waals surface area contributed by atoms with Gasteiger partial charge in [0.2, 0.25) is 5.91 Å². The zero-order chi connectivity index (χ0) is 15.3. The minimum Gasteiger partial charge on any atom is -0.479 e. The average molecular weight is 303 g/mol. The van der Waals surface area contributed by atoms with Gasteiger partial charge in [-0.2, -0.15) is 11.3 Å². The van der Waals surface area contributed by atoms with Crippen molar-refractivity contribution in [1.82, 2.24) is 5.32 Å². The Bertz CT molecular complexity index is 610. The molecule has 1 aromatic heterocycles. The number of carboxylic acids is 1. The zero-order valence-electron chi connectivity index (χ0n) is 11.7. The van der Waals surface area contributed by atoms with Crippen LogP contribution in [0.15, 0.2) is 47.2 Å². The van der Waals surface area contributed by atoms with E-state index in [1.165, 1.54) is 11.3 Å². The molecule has 0 aliphatic heterocycles. The molecule has 110 valence electrons. The van der Waals surface area contributed by atoms with Gasteiger partial charge in [0, 0.05) is 0 Å². The molecule has 0 saturated heterocycles. The predicted octanol–water partition coefficient (Wildman–Crippen LogP) is 2.80. The molecular weight excluding hydrogens is 286 g/mol. The highest BCUT2D eigenvalue weighted by molar-refractivity contribution is 7.08. The van der Waals surface area contributed by atoms with E-state index in [-0.39, 0.29) is 18.7 Å². The number of hydrogen-bond donors (Lipinski definition) is 2. The third kappa shape index (κ3) is 3.31. The molecule has 0 aliphatic carbocycles. The van der Waals surface area contributed by atoms with Crippen molar-refractivity contribution in [3.63, 3.8) is 0 Å². The molecule has 0 fully saturated rings. The molecule has 1 amide bonds. The third-order valence-electron chi connectivity index (χ3n) is 3.46. The average Bonchev–Trinajstić information content (AvgIpc) is 2.98. The third-order valence-corrected chi connectivity index (χ3v) is 4.19. The Morgan fingerprint density at radius 1 is 1.24 bits per heavy atom. The topological polar surface area (TPSA) is 66.4 Å². The number of aliphatic carboxylic acids is 1. The molecule has 1 heterocycles. The maximum absolute atomic E-state index is 12.2. The lowest BCUT2D eigenvalue weighted by Crippen LogP contribution is -2.51. The lowest BCUT2D eigenvalue weighted by molar-refractivity contribution is -0.148. The first kappa shape index (κ1) is 15.3. The van der Waals surface area contributed by atoms with Gasteiger partial charge in [0.1, 0.15) is 0 Å². The molecule has 2 aromatic rings. The second-order valence-electron chi connectivity index (χ2n) is 4.79. The summed E-state index contributed by atoms with van der Waals surface area (Å²) < 4.78 is 0. The summed E-state index contributed by atoms with van der Waals surface area (Å²) in [7, 11) is 0. The first-order chi connectivity index (χ1) is 10.1. The lowest BCUT2D eigenvalue weighted by atomic mass is 9.87. The summed E-state index contributed by atoms with van der Waals surface area (Å²) in [5, 5.41) is 16.1. The van der Waals surface area contributed by atoms with Gasteiger partial charge in [-0.1, -0.05) is 37.3 Å². The highest BCUT2D eigenvalue weighted by Gasteiger charge is 2.40. The van der Waals surface area contributed by atoms with E-state index in [1.807, 2.05) is 22.9 Å². The molecule has 0 bridgehead atoms. The second-order valence-corrected chi connectivity index (χ2v) is 5.57. The quantitative estimate of drug-likeness (QED) is 0.862. The van der Waals surface area contributed by atoms with Crippen LogP contribution >= 0.6 is 11.3 Å². The van der Waals surface area contributed by atoms with Crippen molar-refractivity contribution >= 4 is 23.2 Å². The number of thiophene rings is 1. The Morgan fingerprint density at radius 2 is 1.95 bits per heavy atom. The van der Waals surface area contributed by atoms with Crippen LogP contribution in [0, 0.1) is 0 Å². The first-order valence-electron chi connectivity index (χ1n) is 6.69. The standard InChI is InChI=1S/C16H17NO3S/c1-2-16(15(19)20,13-6-4-3-5-7-13)17-14(18)10-12-8-9-21-11-12/h3-9,11H,2,10H2,1H3,(H,17,18)(H,19,20). The number of carboxylic acid groups (broad SMARTS) is 1. The van der Waals surface area contributed by atoms with Crippen LogP contribution in [-0.2, 0) is 21.5 Å². The molecule has 0 saturated carbocycles. The van der Waals surface area contributed by atoms with Gasteiger partial charge in [0.05, 0.1) is 6.42 Å². The van der Waals surface area contributed by atoms with Crippen molar-refractivity contribution in [3.05, 3.63) is 58.3 Å². The Morgan fingerprint density at radius 3 is 2.48 bits per heavy atom. The summed E-state index contributed by atoms with van der Waals surface area (Å²) in [6, 6.07) is 10.7. The van der Waals surface area contributed by atoms with Crippen molar-refractivity contribution in [3.8, 4) is 0 Å². The fourth-order valence-electron chi connectivity index (χ4n) is 2.28. The fraction of sp³-hybridized carbons (Fsp3) is 0.250. The number of rotatable bonds is 6. The number of carbonyl (C=O) groups excluding carboxylic acids is 1. The molecule has 0 aliphatic rings. The molecule has 2 N–H and O–H groups in total. The van der Waals surface area contributed by atoms with E-state index in [0.29, 0.717) is 5.56 Å². The van der Waals surface area contributed by atoms with Crippen molar-refractivity contribution in [2.24, 2.45) is 0 Å². The number of nitrogens with one attached hydrogen (secondary N) is 1. The first-order valence-corrected chi connectivity index (χ1v) is 7.64. The Kier molecular flexibility index (Phi) is 4.75. The molecule has 0 spiro atoms. The van der Waals surface area contributed by atoms with Crippen molar-refractivity contribution in [2.45, 2.75) is 25.3 Å². The molecule has 1 atom stereocenters. The van der Waals surface area contributed by atoms with E-state index < -0.39 is 11.5 Å². The van der Waals surface area contributed by atoms with Crippen molar-refractivity contribution < 1.29 is 14.7 Å². The Balaban J connectivity index is 2.25. The van der Waals surface area contributed by atoms with Crippen LogP contribution in [0.1, 0.15) is 24.5 Å². The van der Waals surface area contributed by atoms with Crippen molar-refractivity contribution in [2.75, 3.05) is 0 Å². The molecule has 21 heavy (non-hydrogen) atoms. The minimum atomic E-state index is -1.38.